The Morgan fingerprint density at radius 1 is 1.47 bits per heavy atom. The maximum Gasteiger partial charge on any atom is 0.108 e. The van der Waals surface area contributed by atoms with Gasteiger partial charge in [0.1, 0.15) is 5.60 Å². The van der Waals surface area contributed by atoms with Gasteiger partial charge in [0.15, 0.2) is 0 Å². The van der Waals surface area contributed by atoms with Gasteiger partial charge in [-0.05, 0) is 37.5 Å². The lowest BCUT2D eigenvalue weighted by Crippen LogP contribution is -2.37. The molecule has 1 heterocycles. The zero-order chi connectivity index (χ0) is 12.5. The van der Waals surface area contributed by atoms with E-state index < -0.39 is 5.60 Å². The minimum atomic E-state index is -0.718. The van der Waals surface area contributed by atoms with Crippen LogP contribution >= 0.6 is 0 Å². The van der Waals surface area contributed by atoms with E-state index in [2.05, 4.69) is 31.1 Å². The number of hydrogen-bond donors (Lipinski definition) is 1. The van der Waals surface area contributed by atoms with Gasteiger partial charge in [-0.25, -0.2) is 4.68 Å². The summed E-state index contributed by atoms with van der Waals surface area (Å²) in [6.07, 6.45) is 5.48. The Hall–Kier alpha value is -0.900. The van der Waals surface area contributed by atoms with Gasteiger partial charge in [-0.15, -0.1) is 5.10 Å². The molecule has 0 radical (unpaired) electrons. The first-order valence-corrected chi connectivity index (χ1v) is 6.68. The van der Waals surface area contributed by atoms with Crippen molar-refractivity contribution in [2.45, 2.75) is 58.6 Å². The number of hydrogen-bond acceptors (Lipinski definition) is 3. The molecule has 1 aromatic heterocycles. The number of rotatable bonds is 3. The molecule has 4 nitrogen and oxygen atoms in total. The van der Waals surface area contributed by atoms with Crippen LogP contribution in [0.4, 0.5) is 0 Å². The molecule has 0 saturated heterocycles. The predicted molar refractivity (Wildman–Crippen MR) is 66.4 cm³/mol. The Labute approximate surface area is 103 Å². The van der Waals surface area contributed by atoms with Crippen LogP contribution < -0.4 is 0 Å². The van der Waals surface area contributed by atoms with Crippen LogP contribution in [0.3, 0.4) is 0 Å². The van der Waals surface area contributed by atoms with Crippen molar-refractivity contribution in [2.24, 2.45) is 11.8 Å². The van der Waals surface area contributed by atoms with Gasteiger partial charge in [0.05, 0.1) is 11.9 Å². The Balaban J connectivity index is 2.22. The number of nitrogens with zero attached hydrogens (tertiary/aromatic N) is 3. The number of aryl methyl sites for hydroxylation is 1. The van der Waals surface area contributed by atoms with E-state index in [1.54, 1.807) is 6.20 Å². The van der Waals surface area contributed by atoms with Gasteiger partial charge in [-0.1, -0.05) is 26.0 Å². The fourth-order valence-electron chi connectivity index (χ4n) is 2.81. The quantitative estimate of drug-likeness (QED) is 0.877. The van der Waals surface area contributed by atoms with Crippen LogP contribution in [0, 0.1) is 11.8 Å². The summed E-state index contributed by atoms with van der Waals surface area (Å²) < 4.78 is 1.86. The molecule has 0 aromatic carbocycles. The van der Waals surface area contributed by atoms with Crippen LogP contribution in [0.15, 0.2) is 6.20 Å². The molecular formula is C13H23N3O. The van der Waals surface area contributed by atoms with E-state index >= 15 is 0 Å². The van der Waals surface area contributed by atoms with Gasteiger partial charge >= 0.3 is 0 Å². The first-order valence-electron chi connectivity index (χ1n) is 6.68. The highest BCUT2D eigenvalue weighted by atomic mass is 16.3. The maximum absolute atomic E-state index is 10.8. The Morgan fingerprint density at radius 2 is 2.24 bits per heavy atom. The van der Waals surface area contributed by atoms with Gasteiger partial charge in [-0.3, -0.25) is 0 Å². The molecule has 0 bridgehead atoms. The normalized spacial score (nSPS) is 33.9. The van der Waals surface area contributed by atoms with Crippen molar-refractivity contribution in [2.75, 3.05) is 0 Å². The van der Waals surface area contributed by atoms with Gasteiger partial charge in [-0.2, -0.15) is 0 Å². The SMILES string of the molecule is CCCn1nncc1C1(O)CCC(C)C(C)C1. The summed E-state index contributed by atoms with van der Waals surface area (Å²) in [6.45, 7) is 7.44. The van der Waals surface area contributed by atoms with Crippen LogP contribution in [-0.2, 0) is 12.1 Å². The fraction of sp³-hybridized carbons (Fsp3) is 0.846. The van der Waals surface area contributed by atoms with E-state index in [1.807, 2.05) is 4.68 Å². The van der Waals surface area contributed by atoms with Crippen molar-refractivity contribution in [1.29, 1.82) is 0 Å². The molecule has 0 spiro atoms. The zero-order valence-electron chi connectivity index (χ0n) is 11.1. The molecule has 1 saturated carbocycles. The van der Waals surface area contributed by atoms with Crippen molar-refractivity contribution >= 4 is 0 Å². The molecule has 2 rings (SSSR count). The summed E-state index contributed by atoms with van der Waals surface area (Å²) in [4.78, 5) is 0. The predicted octanol–water partition coefficient (Wildman–Crippen LogP) is 2.33. The highest BCUT2D eigenvalue weighted by Crippen LogP contribution is 2.42. The molecule has 96 valence electrons. The standard InChI is InChI=1S/C13H23N3O/c1-4-7-16-12(9-14-15-16)13(17)6-5-10(2)11(3)8-13/h9-11,17H,4-8H2,1-3H3. The van der Waals surface area contributed by atoms with Crippen molar-refractivity contribution < 1.29 is 5.11 Å². The molecule has 0 amide bonds. The Kier molecular flexibility index (Phi) is 3.52. The summed E-state index contributed by atoms with van der Waals surface area (Å²) in [5.41, 5.74) is 0.183. The third kappa shape index (κ3) is 2.37. The third-order valence-electron chi connectivity index (χ3n) is 4.17. The largest absolute Gasteiger partial charge is 0.383 e. The monoisotopic (exact) mass is 237 g/mol. The Morgan fingerprint density at radius 3 is 2.88 bits per heavy atom. The van der Waals surface area contributed by atoms with Crippen LogP contribution in [0.2, 0.25) is 0 Å². The average Bonchev–Trinajstić information content (AvgIpc) is 2.74. The van der Waals surface area contributed by atoms with Crippen molar-refractivity contribution in [3.8, 4) is 0 Å². The van der Waals surface area contributed by atoms with Crippen LogP contribution in [0.1, 0.15) is 52.1 Å². The third-order valence-corrected chi connectivity index (χ3v) is 4.17. The highest BCUT2D eigenvalue weighted by Gasteiger charge is 2.39. The lowest BCUT2D eigenvalue weighted by molar-refractivity contribution is -0.0405. The second-order valence-electron chi connectivity index (χ2n) is 5.57. The molecule has 4 heteroatoms. The molecule has 17 heavy (non-hydrogen) atoms. The second kappa shape index (κ2) is 4.77. The van der Waals surface area contributed by atoms with E-state index in [9.17, 15) is 5.11 Å². The number of aromatic nitrogens is 3. The summed E-state index contributed by atoms with van der Waals surface area (Å²) in [5, 5.41) is 18.9. The van der Waals surface area contributed by atoms with Gasteiger partial charge in [0, 0.05) is 6.54 Å². The van der Waals surface area contributed by atoms with Gasteiger partial charge in [0.25, 0.3) is 0 Å². The molecule has 1 aromatic rings. The lowest BCUT2D eigenvalue weighted by Gasteiger charge is -2.38. The minimum Gasteiger partial charge on any atom is -0.383 e. The molecule has 3 atom stereocenters. The van der Waals surface area contributed by atoms with Crippen LogP contribution in [-0.4, -0.2) is 20.1 Å². The average molecular weight is 237 g/mol. The maximum atomic E-state index is 10.8. The molecule has 0 aliphatic heterocycles. The lowest BCUT2D eigenvalue weighted by atomic mass is 9.72. The van der Waals surface area contributed by atoms with Crippen molar-refractivity contribution in [3.63, 3.8) is 0 Å². The van der Waals surface area contributed by atoms with E-state index in [0.29, 0.717) is 11.8 Å². The topological polar surface area (TPSA) is 50.9 Å². The summed E-state index contributed by atoms with van der Waals surface area (Å²) in [7, 11) is 0. The molecule has 3 unspecified atom stereocenters. The first-order chi connectivity index (χ1) is 8.07. The summed E-state index contributed by atoms with van der Waals surface area (Å²) in [6, 6.07) is 0. The van der Waals surface area contributed by atoms with Crippen LogP contribution in [0.5, 0.6) is 0 Å². The van der Waals surface area contributed by atoms with E-state index in [0.717, 1.165) is 37.9 Å². The fourth-order valence-corrected chi connectivity index (χ4v) is 2.81. The smallest absolute Gasteiger partial charge is 0.108 e. The van der Waals surface area contributed by atoms with Crippen LogP contribution in [0.25, 0.3) is 0 Å². The van der Waals surface area contributed by atoms with Gasteiger partial charge < -0.3 is 5.11 Å². The summed E-state index contributed by atoms with van der Waals surface area (Å²) in [5.74, 6) is 1.25. The highest BCUT2D eigenvalue weighted by molar-refractivity contribution is 5.10. The summed E-state index contributed by atoms with van der Waals surface area (Å²) >= 11 is 0. The van der Waals surface area contributed by atoms with Crippen molar-refractivity contribution in [3.05, 3.63) is 11.9 Å². The Bertz CT molecular complexity index is 376. The van der Waals surface area contributed by atoms with E-state index in [-0.39, 0.29) is 0 Å². The number of aliphatic hydroxyl groups is 1. The molecule has 1 aliphatic rings. The first kappa shape index (κ1) is 12.6. The van der Waals surface area contributed by atoms with E-state index in [4.69, 9.17) is 0 Å². The molecular weight excluding hydrogens is 214 g/mol. The molecule has 1 aliphatic carbocycles. The van der Waals surface area contributed by atoms with E-state index in [1.165, 1.54) is 0 Å². The molecule has 1 N–H and O–H groups in total. The molecule has 1 fully saturated rings. The van der Waals surface area contributed by atoms with Crippen molar-refractivity contribution in [1.82, 2.24) is 15.0 Å². The minimum absolute atomic E-state index is 0.554. The second-order valence-corrected chi connectivity index (χ2v) is 5.57. The zero-order valence-corrected chi connectivity index (χ0v) is 11.1. The van der Waals surface area contributed by atoms with Gasteiger partial charge in [0.2, 0.25) is 0 Å².